The molecule has 1 heterocycles. The van der Waals surface area contributed by atoms with Crippen molar-refractivity contribution in [3.05, 3.63) is 0 Å². The Bertz CT molecular complexity index is 196. The molecule has 2 N–H and O–H groups in total. The quantitative estimate of drug-likeness (QED) is 0.768. The summed E-state index contributed by atoms with van der Waals surface area (Å²) in [6, 6.07) is 0. The SMILES string of the molecule is OC1(COCC2CCNCC2)CCCCC1. The number of aliphatic hydroxyl groups is 1. The fourth-order valence-corrected chi connectivity index (χ4v) is 2.82. The molecule has 0 aromatic heterocycles. The van der Waals surface area contributed by atoms with Gasteiger partial charge in [-0.2, -0.15) is 0 Å². The fourth-order valence-electron chi connectivity index (χ4n) is 2.82. The maximum atomic E-state index is 10.3. The second kappa shape index (κ2) is 5.99. The van der Waals surface area contributed by atoms with E-state index in [4.69, 9.17) is 4.74 Å². The van der Waals surface area contributed by atoms with E-state index in [1.165, 1.54) is 19.3 Å². The van der Waals surface area contributed by atoms with Crippen molar-refractivity contribution in [3.8, 4) is 0 Å². The van der Waals surface area contributed by atoms with E-state index in [9.17, 15) is 5.11 Å². The molecule has 2 fully saturated rings. The molecule has 0 aromatic rings. The highest BCUT2D eigenvalue weighted by Crippen LogP contribution is 2.28. The lowest BCUT2D eigenvalue weighted by Crippen LogP contribution is -2.38. The van der Waals surface area contributed by atoms with Gasteiger partial charge in [0.25, 0.3) is 0 Å². The van der Waals surface area contributed by atoms with Crippen LogP contribution in [-0.2, 0) is 4.74 Å². The topological polar surface area (TPSA) is 41.5 Å². The van der Waals surface area contributed by atoms with Gasteiger partial charge in [-0.1, -0.05) is 19.3 Å². The first-order chi connectivity index (χ1) is 7.79. The molecule has 2 rings (SSSR count). The van der Waals surface area contributed by atoms with Gasteiger partial charge in [-0.05, 0) is 44.7 Å². The van der Waals surface area contributed by atoms with Crippen molar-refractivity contribution in [1.29, 1.82) is 0 Å². The number of rotatable bonds is 4. The number of nitrogens with one attached hydrogen (secondary N) is 1. The molecule has 2 aliphatic rings. The first kappa shape index (κ1) is 12.3. The van der Waals surface area contributed by atoms with Crippen LogP contribution in [0.4, 0.5) is 0 Å². The van der Waals surface area contributed by atoms with Gasteiger partial charge >= 0.3 is 0 Å². The predicted molar refractivity (Wildman–Crippen MR) is 64.4 cm³/mol. The van der Waals surface area contributed by atoms with E-state index in [1.807, 2.05) is 0 Å². The van der Waals surface area contributed by atoms with Gasteiger partial charge in [0.15, 0.2) is 0 Å². The normalized spacial score (nSPS) is 26.8. The van der Waals surface area contributed by atoms with E-state index in [2.05, 4.69) is 5.32 Å². The molecule has 1 aliphatic carbocycles. The Morgan fingerprint density at radius 2 is 1.81 bits per heavy atom. The van der Waals surface area contributed by atoms with Crippen LogP contribution in [0, 0.1) is 5.92 Å². The lowest BCUT2D eigenvalue weighted by molar-refractivity contribution is -0.0758. The van der Waals surface area contributed by atoms with Crippen LogP contribution in [0.2, 0.25) is 0 Å². The molecular formula is C13H25NO2. The second-order valence-corrected chi connectivity index (χ2v) is 5.49. The van der Waals surface area contributed by atoms with E-state index in [-0.39, 0.29) is 0 Å². The van der Waals surface area contributed by atoms with Gasteiger partial charge in [-0.3, -0.25) is 0 Å². The third-order valence-electron chi connectivity index (χ3n) is 3.97. The van der Waals surface area contributed by atoms with Gasteiger partial charge in [0.2, 0.25) is 0 Å². The lowest BCUT2D eigenvalue weighted by atomic mass is 9.85. The van der Waals surface area contributed by atoms with Gasteiger partial charge in [0, 0.05) is 6.61 Å². The predicted octanol–water partition coefficient (Wildman–Crippen LogP) is 1.70. The third kappa shape index (κ3) is 3.72. The molecular weight excluding hydrogens is 202 g/mol. The molecule has 0 atom stereocenters. The third-order valence-corrected chi connectivity index (χ3v) is 3.97. The van der Waals surface area contributed by atoms with E-state index in [0.717, 1.165) is 45.4 Å². The summed E-state index contributed by atoms with van der Waals surface area (Å²) < 4.78 is 5.74. The van der Waals surface area contributed by atoms with E-state index in [0.29, 0.717) is 12.5 Å². The van der Waals surface area contributed by atoms with Gasteiger partial charge in [-0.25, -0.2) is 0 Å². The van der Waals surface area contributed by atoms with Crippen molar-refractivity contribution in [2.75, 3.05) is 26.3 Å². The Balaban J connectivity index is 1.62. The monoisotopic (exact) mass is 227 g/mol. The number of ether oxygens (including phenoxy) is 1. The zero-order valence-electron chi connectivity index (χ0n) is 10.2. The molecule has 1 saturated carbocycles. The van der Waals surface area contributed by atoms with Crippen LogP contribution in [0.5, 0.6) is 0 Å². The summed E-state index contributed by atoms with van der Waals surface area (Å²) in [5.74, 6) is 0.702. The van der Waals surface area contributed by atoms with E-state index in [1.54, 1.807) is 0 Å². The highest BCUT2D eigenvalue weighted by Gasteiger charge is 2.29. The molecule has 16 heavy (non-hydrogen) atoms. The zero-order chi connectivity index (χ0) is 11.3. The van der Waals surface area contributed by atoms with Crippen molar-refractivity contribution in [2.45, 2.75) is 50.5 Å². The zero-order valence-corrected chi connectivity index (χ0v) is 10.2. The first-order valence-corrected chi connectivity index (χ1v) is 6.79. The molecule has 0 aromatic carbocycles. The Kier molecular flexibility index (Phi) is 4.62. The molecule has 0 radical (unpaired) electrons. The summed E-state index contributed by atoms with van der Waals surface area (Å²) >= 11 is 0. The molecule has 1 aliphatic heterocycles. The Labute approximate surface area is 98.6 Å². The Morgan fingerprint density at radius 1 is 1.12 bits per heavy atom. The minimum Gasteiger partial charge on any atom is -0.387 e. The smallest absolute Gasteiger partial charge is 0.0880 e. The van der Waals surface area contributed by atoms with Crippen LogP contribution in [0.1, 0.15) is 44.9 Å². The molecule has 0 spiro atoms. The minimum absolute atomic E-state index is 0.509. The summed E-state index contributed by atoms with van der Waals surface area (Å²) in [5, 5.41) is 13.6. The summed E-state index contributed by atoms with van der Waals surface area (Å²) in [6.45, 7) is 3.64. The van der Waals surface area contributed by atoms with Crippen LogP contribution in [0.15, 0.2) is 0 Å². The van der Waals surface area contributed by atoms with Gasteiger partial charge in [-0.15, -0.1) is 0 Å². The molecule has 94 valence electrons. The second-order valence-electron chi connectivity index (χ2n) is 5.49. The average Bonchev–Trinajstić information content (AvgIpc) is 2.31. The number of piperidine rings is 1. The van der Waals surface area contributed by atoms with Crippen molar-refractivity contribution >= 4 is 0 Å². The van der Waals surface area contributed by atoms with Gasteiger partial charge < -0.3 is 15.2 Å². The van der Waals surface area contributed by atoms with E-state index >= 15 is 0 Å². The average molecular weight is 227 g/mol. The standard InChI is InChI=1S/C13H25NO2/c15-13(6-2-1-3-7-13)11-16-10-12-4-8-14-9-5-12/h12,14-15H,1-11H2. The van der Waals surface area contributed by atoms with Crippen LogP contribution >= 0.6 is 0 Å². The molecule has 0 bridgehead atoms. The highest BCUT2D eigenvalue weighted by molar-refractivity contribution is 4.82. The van der Waals surface area contributed by atoms with Crippen LogP contribution in [-0.4, -0.2) is 37.0 Å². The minimum atomic E-state index is -0.509. The van der Waals surface area contributed by atoms with Crippen LogP contribution < -0.4 is 5.32 Å². The maximum Gasteiger partial charge on any atom is 0.0880 e. The highest BCUT2D eigenvalue weighted by atomic mass is 16.5. The molecule has 0 amide bonds. The molecule has 3 heteroatoms. The van der Waals surface area contributed by atoms with Crippen molar-refractivity contribution < 1.29 is 9.84 Å². The van der Waals surface area contributed by atoms with Crippen LogP contribution in [0.3, 0.4) is 0 Å². The summed E-state index contributed by atoms with van der Waals surface area (Å²) in [6.07, 6.45) is 7.90. The Morgan fingerprint density at radius 3 is 2.50 bits per heavy atom. The molecule has 3 nitrogen and oxygen atoms in total. The molecule has 1 saturated heterocycles. The first-order valence-electron chi connectivity index (χ1n) is 6.79. The van der Waals surface area contributed by atoms with E-state index < -0.39 is 5.60 Å². The van der Waals surface area contributed by atoms with Crippen molar-refractivity contribution in [2.24, 2.45) is 5.92 Å². The van der Waals surface area contributed by atoms with Gasteiger partial charge in [0.1, 0.15) is 0 Å². The van der Waals surface area contributed by atoms with Crippen molar-refractivity contribution in [1.82, 2.24) is 5.32 Å². The molecule has 0 unspecified atom stereocenters. The largest absolute Gasteiger partial charge is 0.387 e. The Hall–Kier alpha value is -0.120. The maximum absolute atomic E-state index is 10.3. The summed E-state index contributed by atoms with van der Waals surface area (Å²) in [7, 11) is 0. The van der Waals surface area contributed by atoms with Crippen molar-refractivity contribution in [3.63, 3.8) is 0 Å². The fraction of sp³-hybridized carbons (Fsp3) is 1.00. The number of hydrogen-bond acceptors (Lipinski definition) is 3. The van der Waals surface area contributed by atoms with Gasteiger partial charge in [0.05, 0.1) is 12.2 Å². The van der Waals surface area contributed by atoms with Crippen LogP contribution in [0.25, 0.3) is 0 Å². The number of hydrogen-bond donors (Lipinski definition) is 2. The summed E-state index contributed by atoms with van der Waals surface area (Å²) in [5.41, 5.74) is -0.509. The summed E-state index contributed by atoms with van der Waals surface area (Å²) in [4.78, 5) is 0. The lowest BCUT2D eigenvalue weighted by Gasteiger charge is -2.32.